The van der Waals surface area contributed by atoms with Gasteiger partial charge < -0.3 is 19.9 Å². The molecule has 0 radical (unpaired) electrons. The summed E-state index contributed by atoms with van der Waals surface area (Å²) in [7, 11) is 0. The van der Waals surface area contributed by atoms with Crippen molar-refractivity contribution in [3.8, 4) is 17.2 Å². The van der Waals surface area contributed by atoms with Gasteiger partial charge in [-0.2, -0.15) is 0 Å². The summed E-state index contributed by atoms with van der Waals surface area (Å²) in [6.45, 7) is 0.397. The fraction of sp³-hybridized carbons (Fsp3) is 0.0667. The molecule has 96 valence electrons. The third kappa shape index (κ3) is 2.33. The third-order valence-corrected chi connectivity index (χ3v) is 2.98. The van der Waals surface area contributed by atoms with Gasteiger partial charge in [-0.25, -0.2) is 0 Å². The van der Waals surface area contributed by atoms with Gasteiger partial charge in [0, 0.05) is 22.7 Å². The van der Waals surface area contributed by atoms with E-state index in [0.717, 1.165) is 16.5 Å². The summed E-state index contributed by atoms with van der Waals surface area (Å²) in [4.78, 5) is 3.13. The summed E-state index contributed by atoms with van der Waals surface area (Å²) in [5.74, 6) is 1.13. The van der Waals surface area contributed by atoms with Crippen LogP contribution in [0, 0.1) is 0 Å². The largest absolute Gasteiger partial charge is 0.508 e. The first-order valence-corrected chi connectivity index (χ1v) is 5.93. The van der Waals surface area contributed by atoms with Crippen molar-refractivity contribution in [2.75, 3.05) is 0 Å². The molecule has 0 fully saturated rings. The van der Waals surface area contributed by atoms with Gasteiger partial charge in [0.15, 0.2) is 0 Å². The minimum Gasteiger partial charge on any atom is -0.508 e. The summed E-state index contributed by atoms with van der Waals surface area (Å²) < 4.78 is 5.64. The number of hydrogen-bond acceptors (Lipinski definition) is 3. The van der Waals surface area contributed by atoms with Crippen molar-refractivity contribution in [1.29, 1.82) is 0 Å². The quantitative estimate of drug-likeness (QED) is 0.673. The van der Waals surface area contributed by atoms with E-state index in [1.165, 1.54) is 0 Å². The summed E-state index contributed by atoms with van der Waals surface area (Å²) >= 11 is 0. The van der Waals surface area contributed by atoms with Crippen LogP contribution in [0.1, 0.15) is 5.56 Å². The number of H-pyrrole nitrogens is 1. The minimum absolute atomic E-state index is 0.212. The van der Waals surface area contributed by atoms with Gasteiger partial charge in [0.05, 0.1) is 0 Å². The zero-order chi connectivity index (χ0) is 13.2. The molecule has 0 unspecified atom stereocenters. The highest BCUT2D eigenvalue weighted by Crippen LogP contribution is 2.24. The molecular weight excluding hydrogens is 242 g/mol. The van der Waals surface area contributed by atoms with Crippen LogP contribution in [0.25, 0.3) is 10.9 Å². The Morgan fingerprint density at radius 1 is 0.947 bits per heavy atom. The van der Waals surface area contributed by atoms with Gasteiger partial charge in [-0.3, -0.25) is 0 Å². The van der Waals surface area contributed by atoms with Crippen molar-refractivity contribution in [3.05, 3.63) is 54.2 Å². The Morgan fingerprint density at radius 3 is 2.47 bits per heavy atom. The first-order valence-electron chi connectivity index (χ1n) is 5.93. The van der Waals surface area contributed by atoms with E-state index in [2.05, 4.69) is 4.98 Å². The van der Waals surface area contributed by atoms with Gasteiger partial charge in [-0.1, -0.05) is 0 Å². The lowest BCUT2D eigenvalue weighted by Crippen LogP contribution is -1.93. The maximum atomic E-state index is 9.51. The lowest BCUT2D eigenvalue weighted by Gasteiger charge is -2.05. The van der Waals surface area contributed by atoms with Crippen molar-refractivity contribution in [2.24, 2.45) is 0 Å². The highest BCUT2D eigenvalue weighted by molar-refractivity contribution is 5.84. The number of aromatic hydroxyl groups is 2. The SMILES string of the molecule is Oc1ccc(OCc2c[nH]c3ccc(O)cc23)cc1. The van der Waals surface area contributed by atoms with Crippen molar-refractivity contribution >= 4 is 10.9 Å². The number of ether oxygens (including phenoxy) is 1. The van der Waals surface area contributed by atoms with E-state index in [4.69, 9.17) is 4.74 Å². The number of phenols is 2. The van der Waals surface area contributed by atoms with Gasteiger partial charge >= 0.3 is 0 Å². The Bertz CT molecular complexity index is 701. The second-order valence-electron chi connectivity index (χ2n) is 4.33. The molecule has 0 atom stereocenters. The lowest BCUT2D eigenvalue weighted by molar-refractivity contribution is 0.307. The maximum Gasteiger partial charge on any atom is 0.120 e. The first kappa shape index (κ1) is 11.5. The molecule has 3 aromatic rings. The van der Waals surface area contributed by atoms with Gasteiger partial charge in [0.1, 0.15) is 23.9 Å². The number of aromatic nitrogens is 1. The number of benzene rings is 2. The van der Waals surface area contributed by atoms with Crippen LogP contribution < -0.4 is 4.74 Å². The summed E-state index contributed by atoms with van der Waals surface area (Å²) in [5.41, 5.74) is 1.93. The smallest absolute Gasteiger partial charge is 0.120 e. The van der Waals surface area contributed by atoms with Crippen LogP contribution in [-0.2, 0) is 6.61 Å². The third-order valence-electron chi connectivity index (χ3n) is 2.98. The highest BCUT2D eigenvalue weighted by atomic mass is 16.5. The van der Waals surface area contributed by atoms with Crippen LogP contribution in [0.5, 0.6) is 17.2 Å². The molecule has 1 heterocycles. The second kappa shape index (κ2) is 4.57. The zero-order valence-electron chi connectivity index (χ0n) is 10.1. The molecule has 3 N–H and O–H groups in total. The van der Waals surface area contributed by atoms with Gasteiger partial charge in [-0.15, -0.1) is 0 Å². The van der Waals surface area contributed by atoms with E-state index in [-0.39, 0.29) is 11.5 Å². The predicted molar refractivity (Wildman–Crippen MR) is 72.4 cm³/mol. The molecule has 3 rings (SSSR count). The van der Waals surface area contributed by atoms with Crippen molar-refractivity contribution in [2.45, 2.75) is 6.61 Å². The van der Waals surface area contributed by atoms with Crippen LogP contribution in [0.3, 0.4) is 0 Å². The van der Waals surface area contributed by atoms with E-state index in [1.54, 1.807) is 36.4 Å². The number of fused-ring (bicyclic) bond motifs is 1. The van der Waals surface area contributed by atoms with Crippen molar-refractivity contribution in [1.82, 2.24) is 4.98 Å². The maximum absolute atomic E-state index is 9.51. The second-order valence-corrected chi connectivity index (χ2v) is 4.33. The summed E-state index contributed by atoms with van der Waals surface area (Å²) in [5, 5.41) is 19.6. The Balaban J connectivity index is 1.81. The van der Waals surface area contributed by atoms with Gasteiger partial charge in [0.25, 0.3) is 0 Å². The van der Waals surface area contributed by atoms with E-state index < -0.39 is 0 Å². The molecule has 0 aliphatic rings. The van der Waals surface area contributed by atoms with E-state index in [1.807, 2.05) is 12.3 Å². The van der Waals surface area contributed by atoms with Gasteiger partial charge in [0.2, 0.25) is 0 Å². The summed E-state index contributed by atoms with van der Waals surface area (Å²) in [6.07, 6.45) is 1.87. The Labute approximate surface area is 109 Å². The first-order chi connectivity index (χ1) is 9.22. The van der Waals surface area contributed by atoms with Crippen LogP contribution in [0.2, 0.25) is 0 Å². The topological polar surface area (TPSA) is 65.5 Å². The van der Waals surface area contributed by atoms with E-state index >= 15 is 0 Å². The molecule has 1 aromatic heterocycles. The van der Waals surface area contributed by atoms with Crippen LogP contribution in [0.15, 0.2) is 48.7 Å². The Kier molecular flexibility index (Phi) is 2.76. The fourth-order valence-corrected chi connectivity index (χ4v) is 1.99. The Morgan fingerprint density at radius 2 is 1.68 bits per heavy atom. The molecule has 2 aromatic carbocycles. The van der Waals surface area contributed by atoms with Gasteiger partial charge in [-0.05, 0) is 42.5 Å². The summed E-state index contributed by atoms with van der Waals surface area (Å²) in [6, 6.07) is 11.8. The standard InChI is InChI=1S/C15H13NO3/c17-11-1-4-13(5-2-11)19-9-10-8-16-15-6-3-12(18)7-14(10)15/h1-8,16-18H,9H2. The van der Waals surface area contributed by atoms with Crippen molar-refractivity contribution < 1.29 is 14.9 Å². The number of nitrogens with one attached hydrogen (secondary N) is 1. The number of phenolic OH excluding ortho intramolecular Hbond substituents is 2. The molecule has 0 bridgehead atoms. The molecule has 4 heteroatoms. The molecular formula is C15H13NO3. The molecule has 0 saturated heterocycles. The average molecular weight is 255 g/mol. The zero-order valence-corrected chi connectivity index (χ0v) is 10.1. The molecule has 0 spiro atoms. The molecule has 4 nitrogen and oxygen atoms in total. The number of rotatable bonds is 3. The van der Waals surface area contributed by atoms with Crippen molar-refractivity contribution in [3.63, 3.8) is 0 Å². The molecule has 0 aliphatic carbocycles. The number of hydrogen-bond donors (Lipinski definition) is 3. The van der Waals surface area contributed by atoms with E-state index in [9.17, 15) is 10.2 Å². The monoisotopic (exact) mass is 255 g/mol. The Hall–Kier alpha value is -2.62. The number of aromatic amines is 1. The fourth-order valence-electron chi connectivity index (χ4n) is 1.99. The van der Waals surface area contributed by atoms with Crippen LogP contribution >= 0.6 is 0 Å². The molecule has 19 heavy (non-hydrogen) atoms. The molecule has 0 aliphatic heterocycles. The van der Waals surface area contributed by atoms with E-state index in [0.29, 0.717) is 12.4 Å². The average Bonchev–Trinajstić information content (AvgIpc) is 2.80. The molecule has 0 amide bonds. The minimum atomic E-state index is 0.212. The van der Waals surface area contributed by atoms with Crippen LogP contribution in [0.4, 0.5) is 0 Å². The highest BCUT2D eigenvalue weighted by Gasteiger charge is 2.05. The normalized spacial score (nSPS) is 10.7. The molecule has 0 saturated carbocycles. The predicted octanol–water partition coefficient (Wildman–Crippen LogP) is 3.16. The van der Waals surface area contributed by atoms with Crippen LogP contribution in [-0.4, -0.2) is 15.2 Å². The lowest BCUT2D eigenvalue weighted by atomic mass is 10.2.